The molecule has 3 rings (SSSR count). The average molecular weight is 360 g/mol. The van der Waals surface area contributed by atoms with Crippen molar-refractivity contribution in [3.63, 3.8) is 0 Å². The first-order chi connectivity index (χ1) is 12.5. The van der Waals surface area contributed by atoms with Gasteiger partial charge in [0.15, 0.2) is 5.41 Å². The molecule has 1 aromatic carbocycles. The summed E-state index contributed by atoms with van der Waals surface area (Å²) in [6, 6.07) is 14.5. The van der Waals surface area contributed by atoms with Crippen molar-refractivity contribution in [3.8, 4) is 18.2 Å². The summed E-state index contributed by atoms with van der Waals surface area (Å²) in [4.78, 5) is 0. The summed E-state index contributed by atoms with van der Waals surface area (Å²) in [5, 5.41) is 38.1. The van der Waals surface area contributed by atoms with Crippen molar-refractivity contribution in [2.45, 2.75) is 25.7 Å². The fourth-order valence-corrected chi connectivity index (χ4v) is 5.16. The lowest BCUT2D eigenvalue weighted by molar-refractivity contribution is 0.378. The Hall–Kier alpha value is -2.55. The van der Waals surface area contributed by atoms with Crippen LogP contribution in [-0.4, -0.2) is 17.2 Å². The van der Waals surface area contributed by atoms with Gasteiger partial charge in [0, 0.05) is 23.3 Å². The first-order valence-electron chi connectivity index (χ1n) is 8.68. The van der Waals surface area contributed by atoms with Crippen LogP contribution in [0.5, 0.6) is 0 Å². The van der Waals surface area contributed by atoms with Gasteiger partial charge in [0.2, 0.25) is 0 Å². The third-order valence-corrected chi connectivity index (χ3v) is 6.52. The standard InChI is InChI=1S/C21H20N4S/c1-13(2)14-3-5-15(6-4-14)19-18-10-26-8-7-16(18)17(9-22)20(25)21(19,11-23)12-24/h3-7,13,17-19,25H,8,10H2,1-2H3/t17-,18+,19+/m1/s1. The van der Waals surface area contributed by atoms with Gasteiger partial charge >= 0.3 is 0 Å². The normalized spacial score (nSPS) is 26.8. The van der Waals surface area contributed by atoms with E-state index in [0.717, 1.165) is 22.6 Å². The molecule has 26 heavy (non-hydrogen) atoms. The van der Waals surface area contributed by atoms with E-state index in [1.54, 1.807) is 11.8 Å². The minimum Gasteiger partial charge on any atom is -0.305 e. The molecule has 1 N–H and O–H groups in total. The predicted octanol–water partition coefficient (Wildman–Crippen LogP) is 4.39. The van der Waals surface area contributed by atoms with Gasteiger partial charge in [-0.25, -0.2) is 0 Å². The zero-order valence-corrected chi connectivity index (χ0v) is 15.7. The van der Waals surface area contributed by atoms with Crippen LogP contribution < -0.4 is 0 Å². The molecule has 0 unspecified atom stereocenters. The topological polar surface area (TPSA) is 95.2 Å². The number of hydrogen-bond donors (Lipinski definition) is 1. The van der Waals surface area contributed by atoms with Gasteiger partial charge in [0.25, 0.3) is 0 Å². The van der Waals surface area contributed by atoms with Gasteiger partial charge in [-0.05, 0) is 22.6 Å². The molecule has 0 radical (unpaired) electrons. The Labute approximate surface area is 158 Å². The van der Waals surface area contributed by atoms with Crippen molar-refractivity contribution in [2.75, 3.05) is 11.5 Å². The average Bonchev–Trinajstić information content (AvgIpc) is 2.67. The highest BCUT2D eigenvalue weighted by Crippen LogP contribution is 2.54. The second-order valence-electron chi connectivity index (χ2n) is 7.15. The van der Waals surface area contributed by atoms with E-state index in [1.807, 2.05) is 30.3 Å². The number of allylic oxidation sites excluding steroid dienone is 1. The molecule has 0 saturated heterocycles. The lowest BCUT2D eigenvalue weighted by Gasteiger charge is -2.45. The van der Waals surface area contributed by atoms with Crippen molar-refractivity contribution in [1.82, 2.24) is 0 Å². The van der Waals surface area contributed by atoms with E-state index in [2.05, 4.69) is 32.1 Å². The van der Waals surface area contributed by atoms with Crippen molar-refractivity contribution in [2.24, 2.45) is 17.3 Å². The number of thioether (sulfide) groups is 1. The summed E-state index contributed by atoms with van der Waals surface area (Å²) < 4.78 is 0. The Morgan fingerprint density at radius 2 is 1.81 bits per heavy atom. The molecule has 0 amide bonds. The molecular weight excluding hydrogens is 340 g/mol. The number of nitrogens with one attached hydrogen (secondary N) is 1. The van der Waals surface area contributed by atoms with Gasteiger partial charge in [-0.1, -0.05) is 44.2 Å². The van der Waals surface area contributed by atoms with Crippen LogP contribution in [0.2, 0.25) is 0 Å². The van der Waals surface area contributed by atoms with Crippen LogP contribution in [0, 0.1) is 56.7 Å². The highest BCUT2D eigenvalue weighted by molar-refractivity contribution is 7.99. The molecule has 1 heterocycles. The fraction of sp³-hybridized carbons (Fsp3) is 0.429. The highest BCUT2D eigenvalue weighted by Gasteiger charge is 2.57. The number of nitriles is 3. The van der Waals surface area contributed by atoms with Crippen LogP contribution in [0.15, 0.2) is 35.9 Å². The Morgan fingerprint density at radius 3 is 2.35 bits per heavy atom. The van der Waals surface area contributed by atoms with Crippen LogP contribution in [0.1, 0.15) is 36.8 Å². The number of nitrogens with zero attached hydrogens (tertiary/aromatic N) is 3. The molecule has 0 spiro atoms. The second kappa shape index (κ2) is 6.99. The monoisotopic (exact) mass is 360 g/mol. The summed E-state index contributed by atoms with van der Waals surface area (Å²) in [7, 11) is 0. The lowest BCUT2D eigenvalue weighted by Crippen LogP contribution is -2.49. The lowest BCUT2D eigenvalue weighted by atomic mass is 9.55. The Balaban J connectivity index is 2.19. The van der Waals surface area contributed by atoms with E-state index in [9.17, 15) is 15.8 Å². The molecule has 3 atom stereocenters. The van der Waals surface area contributed by atoms with Crippen LogP contribution in [0.25, 0.3) is 0 Å². The largest absolute Gasteiger partial charge is 0.305 e. The summed E-state index contributed by atoms with van der Waals surface area (Å²) >= 11 is 1.75. The van der Waals surface area contributed by atoms with Gasteiger partial charge in [-0.15, -0.1) is 0 Å². The highest BCUT2D eigenvalue weighted by atomic mass is 32.2. The Bertz CT molecular complexity index is 863. The van der Waals surface area contributed by atoms with Gasteiger partial charge in [-0.2, -0.15) is 27.5 Å². The molecule has 1 aromatic rings. The van der Waals surface area contributed by atoms with E-state index in [1.165, 1.54) is 5.56 Å². The molecule has 0 aromatic heterocycles. The van der Waals surface area contributed by atoms with Crippen molar-refractivity contribution in [3.05, 3.63) is 47.0 Å². The van der Waals surface area contributed by atoms with Crippen molar-refractivity contribution < 1.29 is 0 Å². The second-order valence-corrected chi connectivity index (χ2v) is 8.23. The smallest absolute Gasteiger partial charge is 0.189 e. The molecule has 4 nitrogen and oxygen atoms in total. The third-order valence-electron chi connectivity index (χ3n) is 5.52. The summed E-state index contributed by atoms with van der Waals surface area (Å²) in [5.74, 6) is 0.702. The van der Waals surface area contributed by atoms with E-state index < -0.39 is 17.3 Å². The van der Waals surface area contributed by atoms with Gasteiger partial charge in [-0.3, -0.25) is 0 Å². The van der Waals surface area contributed by atoms with E-state index in [4.69, 9.17) is 5.41 Å². The van der Waals surface area contributed by atoms with Crippen LogP contribution in [0.4, 0.5) is 0 Å². The van der Waals surface area contributed by atoms with E-state index >= 15 is 0 Å². The zero-order valence-electron chi connectivity index (χ0n) is 14.9. The molecular formula is C21H20N4S. The maximum atomic E-state index is 9.94. The first kappa shape index (κ1) is 18.2. The van der Waals surface area contributed by atoms with Crippen LogP contribution in [-0.2, 0) is 0 Å². The van der Waals surface area contributed by atoms with E-state index in [0.29, 0.717) is 5.92 Å². The van der Waals surface area contributed by atoms with Gasteiger partial charge in [0.1, 0.15) is 5.92 Å². The maximum Gasteiger partial charge on any atom is 0.189 e. The number of rotatable bonds is 2. The van der Waals surface area contributed by atoms with Crippen molar-refractivity contribution in [1.29, 1.82) is 21.2 Å². The van der Waals surface area contributed by atoms with Crippen LogP contribution >= 0.6 is 11.8 Å². The van der Waals surface area contributed by atoms with Crippen molar-refractivity contribution >= 4 is 17.5 Å². The minimum atomic E-state index is -1.60. The SMILES string of the molecule is CC(C)c1ccc([C@H]2[C@H]3CSCC=C3[C@@H](C#N)C(=N)C2(C#N)C#N)cc1. The Morgan fingerprint density at radius 1 is 1.15 bits per heavy atom. The van der Waals surface area contributed by atoms with E-state index in [-0.39, 0.29) is 11.6 Å². The third kappa shape index (κ3) is 2.63. The van der Waals surface area contributed by atoms with Gasteiger partial charge < -0.3 is 5.41 Å². The molecule has 0 bridgehead atoms. The quantitative estimate of drug-likeness (QED) is 0.791. The molecule has 1 aliphatic carbocycles. The fourth-order valence-electron chi connectivity index (χ4n) is 4.08. The molecule has 1 saturated carbocycles. The minimum absolute atomic E-state index is 0.0719. The maximum absolute atomic E-state index is 9.94. The number of hydrogen-bond acceptors (Lipinski definition) is 5. The molecule has 130 valence electrons. The summed E-state index contributed by atoms with van der Waals surface area (Å²) in [6.45, 7) is 4.24. The number of fused-ring (bicyclic) bond motifs is 1. The first-order valence-corrected chi connectivity index (χ1v) is 9.84. The van der Waals surface area contributed by atoms with Crippen LogP contribution in [0.3, 0.4) is 0 Å². The molecule has 1 aliphatic heterocycles. The summed E-state index contributed by atoms with van der Waals surface area (Å²) in [6.07, 6.45) is 2.02. The zero-order chi connectivity index (χ0) is 18.9. The summed E-state index contributed by atoms with van der Waals surface area (Å²) in [5.41, 5.74) is 1.34. The predicted molar refractivity (Wildman–Crippen MR) is 103 cm³/mol. The number of benzene rings is 1. The molecule has 5 heteroatoms. The van der Waals surface area contributed by atoms with Gasteiger partial charge in [0.05, 0.1) is 23.9 Å². The Kier molecular flexibility index (Phi) is 4.90. The molecule has 2 aliphatic rings. The molecule has 1 fully saturated rings.